The molecule has 5 rings (SSSR count). The number of carbonyl (C=O) groups is 1. The SMILES string of the molecule is C[C@@H](Oc1cc(-n2cnc3c2C=CC(c2ccnc(Cl)n2)C3)sc1C(N)=O)c1ccccc1C(F)(F)F. The molecule has 0 bridgehead atoms. The Morgan fingerprint density at radius 1 is 1.27 bits per heavy atom. The van der Waals surface area contributed by atoms with Crippen molar-refractivity contribution in [2.75, 3.05) is 0 Å². The highest BCUT2D eigenvalue weighted by Gasteiger charge is 2.35. The number of primary amides is 1. The lowest BCUT2D eigenvalue weighted by atomic mass is 9.93. The molecule has 1 unspecified atom stereocenters. The minimum atomic E-state index is -4.54. The average molecular weight is 546 g/mol. The van der Waals surface area contributed by atoms with Crippen LogP contribution in [0, 0.1) is 0 Å². The summed E-state index contributed by atoms with van der Waals surface area (Å²) in [6.07, 6.45) is 2.14. The Morgan fingerprint density at radius 3 is 2.78 bits per heavy atom. The van der Waals surface area contributed by atoms with Crippen LogP contribution >= 0.6 is 22.9 Å². The van der Waals surface area contributed by atoms with Gasteiger partial charge in [-0.05, 0) is 36.7 Å². The fraction of sp³-hybridized carbons (Fsp3) is 0.200. The molecule has 0 spiro atoms. The van der Waals surface area contributed by atoms with Crippen molar-refractivity contribution in [3.05, 3.63) is 93.4 Å². The summed E-state index contributed by atoms with van der Waals surface area (Å²) in [4.78, 5) is 25.0. The number of hydrogen-bond donors (Lipinski definition) is 1. The molecule has 1 aromatic carbocycles. The Bertz CT molecular complexity index is 1510. The van der Waals surface area contributed by atoms with Crippen LogP contribution in [0.3, 0.4) is 0 Å². The Kier molecular flexibility index (Phi) is 6.50. The number of benzene rings is 1. The number of fused-ring (bicyclic) bond motifs is 1. The van der Waals surface area contributed by atoms with E-state index in [2.05, 4.69) is 15.0 Å². The zero-order valence-corrected chi connectivity index (χ0v) is 20.8. The lowest BCUT2D eigenvalue weighted by Gasteiger charge is -2.19. The van der Waals surface area contributed by atoms with Crippen molar-refractivity contribution in [2.24, 2.45) is 5.73 Å². The molecule has 2 N–H and O–H groups in total. The van der Waals surface area contributed by atoms with Gasteiger partial charge in [-0.1, -0.05) is 24.3 Å². The van der Waals surface area contributed by atoms with Gasteiger partial charge in [-0.25, -0.2) is 15.0 Å². The molecule has 0 aliphatic heterocycles. The Balaban J connectivity index is 1.45. The fourth-order valence-corrected chi connectivity index (χ4v) is 5.33. The highest BCUT2D eigenvalue weighted by atomic mass is 35.5. The second-order valence-corrected chi connectivity index (χ2v) is 9.72. The number of carbonyl (C=O) groups excluding carboxylic acids is 1. The first-order chi connectivity index (χ1) is 17.6. The van der Waals surface area contributed by atoms with E-state index in [-0.39, 0.29) is 27.4 Å². The van der Waals surface area contributed by atoms with Crippen LogP contribution in [0.15, 0.2) is 55.0 Å². The number of thiophene rings is 1. The molecule has 0 fully saturated rings. The number of ether oxygens (including phenoxy) is 1. The zero-order chi connectivity index (χ0) is 26.3. The van der Waals surface area contributed by atoms with E-state index in [1.807, 2.05) is 12.2 Å². The van der Waals surface area contributed by atoms with Gasteiger partial charge in [0.15, 0.2) is 0 Å². The number of rotatable bonds is 6. The lowest BCUT2D eigenvalue weighted by molar-refractivity contribution is -0.138. The first-order valence-electron chi connectivity index (χ1n) is 11.1. The largest absolute Gasteiger partial charge is 0.484 e. The van der Waals surface area contributed by atoms with Crippen molar-refractivity contribution in [3.63, 3.8) is 0 Å². The Labute approximate surface area is 218 Å². The van der Waals surface area contributed by atoms with E-state index in [4.69, 9.17) is 22.1 Å². The summed E-state index contributed by atoms with van der Waals surface area (Å²) in [6, 6.07) is 8.55. The van der Waals surface area contributed by atoms with Gasteiger partial charge in [0.25, 0.3) is 5.91 Å². The van der Waals surface area contributed by atoms with Gasteiger partial charge in [0, 0.05) is 30.2 Å². The molecular weight excluding hydrogens is 527 g/mol. The van der Waals surface area contributed by atoms with Crippen LogP contribution in [0.4, 0.5) is 13.2 Å². The van der Waals surface area contributed by atoms with Gasteiger partial charge in [-0.2, -0.15) is 13.2 Å². The molecule has 12 heteroatoms. The van der Waals surface area contributed by atoms with Crippen molar-refractivity contribution in [1.82, 2.24) is 19.5 Å². The van der Waals surface area contributed by atoms with Crippen molar-refractivity contribution in [1.29, 1.82) is 0 Å². The summed E-state index contributed by atoms with van der Waals surface area (Å²) in [7, 11) is 0. The molecule has 4 aromatic rings. The normalized spacial score (nSPS) is 15.9. The zero-order valence-electron chi connectivity index (χ0n) is 19.2. The smallest absolute Gasteiger partial charge is 0.416 e. The van der Waals surface area contributed by atoms with Crippen LogP contribution in [0.25, 0.3) is 11.1 Å². The summed E-state index contributed by atoms with van der Waals surface area (Å²) in [5, 5.41) is 0.751. The van der Waals surface area contributed by atoms with Crippen molar-refractivity contribution in [3.8, 4) is 10.8 Å². The van der Waals surface area contributed by atoms with Crippen molar-refractivity contribution >= 4 is 34.9 Å². The van der Waals surface area contributed by atoms with E-state index in [1.54, 1.807) is 29.2 Å². The van der Waals surface area contributed by atoms with Crippen molar-refractivity contribution in [2.45, 2.75) is 31.5 Å². The van der Waals surface area contributed by atoms with Gasteiger partial charge in [0.2, 0.25) is 5.28 Å². The number of halogens is 4. The third kappa shape index (κ3) is 4.96. The molecule has 0 radical (unpaired) electrons. The predicted molar refractivity (Wildman–Crippen MR) is 133 cm³/mol. The van der Waals surface area contributed by atoms with E-state index in [0.717, 1.165) is 34.5 Å². The third-order valence-corrected chi connectivity index (χ3v) is 7.28. The summed E-state index contributed by atoms with van der Waals surface area (Å²) in [5.74, 6) is -0.671. The summed E-state index contributed by atoms with van der Waals surface area (Å²) in [5.41, 5.74) is 7.12. The quantitative estimate of drug-likeness (QED) is 0.300. The number of hydrogen-bond acceptors (Lipinski definition) is 6. The minimum absolute atomic E-state index is 0.0330. The molecule has 3 heterocycles. The maximum Gasteiger partial charge on any atom is 0.416 e. The monoisotopic (exact) mass is 545 g/mol. The van der Waals surface area contributed by atoms with Crippen LogP contribution in [-0.2, 0) is 12.6 Å². The second kappa shape index (κ2) is 9.64. The van der Waals surface area contributed by atoms with E-state index in [0.29, 0.717) is 11.4 Å². The number of allylic oxidation sites excluding steroid dienone is 1. The first kappa shape index (κ1) is 25.0. The molecule has 3 aromatic heterocycles. The molecular formula is C25H19ClF3N5O2S. The number of aromatic nitrogens is 4. The highest BCUT2D eigenvalue weighted by Crippen LogP contribution is 2.40. The van der Waals surface area contributed by atoms with Crippen LogP contribution in [0.2, 0.25) is 5.28 Å². The van der Waals surface area contributed by atoms with Gasteiger partial charge in [0.1, 0.15) is 28.1 Å². The summed E-state index contributed by atoms with van der Waals surface area (Å²) < 4.78 is 48.2. The van der Waals surface area contributed by atoms with Crippen LogP contribution < -0.4 is 10.5 Å². The second-order valence-electron chi connectivity index (χ2n) is 8.35. The van der Waals surface area contributed by atoms with Crippen molar-refractivity contribution < 1.29 is 22.7 Å². The lowest BCUT2D eigenvalue weighted by Crippen LogP contribution is -2.15. The highest BCUT2D eigenvalue weighted by molar-refractivity contribution is 7.16. The third-order valence-electron chi connectivity index (χ3n) is 5.97. The molecule has 1 amide bonds. The molecule has 0 saturated heterocycles. The Hall–Kier alpha value is -3.70. The standard InChI is InChI=1S/C25H19ClF3N5O2S/c1-13(15-4-2-3-5-16(15)25(27,28)29)36-20-11-21(37-22(20)23(30)35)34-12-32-18-10-14(6-7-19(18)34)17-8-9-31-24(26)33-17/h2-9,11-14H,10H2,1H3,(H2,30,35)/t13-,14?/m1/s1. The van der Waals surface area contributed by atoms with Crippen LogP contribution in [0.1, 0.15) is 56.8 Å². The van der Waals surface area contributed by atoms with Gasteiger partial charge in [-0.3, -0.25) is 9.36 Å². The topological polar surface area (TPSA) is 95.9 Å². The number of nitrogens with zero attached hydrogens (tertiary/aromatic N) is 4. The number of alkyl halides is 3. The van der Waals surface area contributed by atoms with E-state index in [1.165, 1.54) is 25.1 Å². The molecule has 190 valence electrons. The molecule has 1 aliphatic rings. The summed E-state index contributed by atoms with van der Waals surface area (Å²) in [6.45, 7) is 1.49. The maximum atomic E-state index is 13.5. The fourth-order valence-electron chi connectivity index (χ4n) is 4.25. The predicted octanol–water partition coefficient (Wildman–Crippen LogP) is 5.99. The molecule has 37 heavy (non-hydrogen) atoms. The molecule has 1 aliphatic carbocycles. The number of nitrogens with two attached hydrogens (primary N) is 1. The molecule has 0 saturated carbocycles. The molecule has 7 nitrogen and oxygen atoms in total. The maximum absolute atomic E-state index is 13.5. The van der Waals surface area contributed by atoms with E-state index in [9.17, 15) is 18.0 Å². The van der Waals surface area contributed by atoms with Gasteiger partial charge in [-0.15, -0.1) is 11.3 Å². The first-order valence-corrected chi connectivity index (χ1v) is 12.3. The number of imidazole rings is 1. The van der Waals surface area contributed by atoms with Crippen LogP contribution in [0.5, 0.6) is 5.75 Å². The number of amides is 1. The van der Waals surface area contributed by atoms with Crippen LogP contribution in [-0.4, -0.2) is 25.4 Å². The average Bonchev–Trinajstić information content (AvgIpc) is 3.47. The van der Waals surface area contributed by atoms with Gasteiger partial charge in [0.05, 0.1) is 22.6 Å². The van der Waals surface area contributed by atoms with Gasteiger partial charge >= 0.3 is 6.18 Å². The Morgan fingerprint density at radius 2 is 2.05 bits per heavy atom. The van der Waals surface area contributed by atoms with Gasteiger partial charge < -0.3 is 10.5 Å². The molecule has 2 atom stereocenters. The van der Waals surface area contributed by atoms with E-state index >= 15 is 0 Å². The van der Waals surface area contributed by atoms with E-state index < -0.39 is 23.8 Å². The minimum Gasteiger partial charge on any atom is -0.484 e. The summed E-state index contributed by atoms with van der Waals surface area (Å²) >= 11 is 7.00.